The molecular weight excluding hydrogens is 496 g/mol. The highest BCUT2D eigenvalue weighted by atomic mass is 16.5. The number of aliphatic hydroxyl groups is 1. The number of carbonyl (C=O) groups excluding carboxylic acids is 2. The summed E-state index contributed by atoms with van der Waals surface area (Å²) in [6.07, 6.45) is 8.07. The lowest BCUT2D eigenvalue weighted by Gasteiger charge is -2.36. The molecule has 4 heterocycles. The van der Waals surface area contributed by atoms with Gasteiger partial charge in [0.25, 0.3) is 0 Å². The van der Waals surface area contributed by atoms with Gasteiger partial charge < -0.3 is 19.8 Å². The van der Waals surface area contributed by atoms with E-state index in [0.29, 0.717) is 41.9 Å². The molecule has 1 saturated heterocycles. The highest BCUT2D eigenvalue weighted by Crippen LogP contribution is 2.48. The zero-order valence-corrected chi connectivity index (χ0v) is 23.5. The topological polar surface area (TPSA) is 125 Å². The minimum absolute atomic E-state index is 0.00416. The summed E-state index contributed by atoms with van der Waals surface area (Å²) >= 11 is 0. The largest absolute Gasteiger partial charge is 0.389 e. The van der Waals surface area contributed by atoms with Gasteiger partial charge in [-0.25, -0.2) is 9.97 Å². The zero-order valence-electron chi connectivity index (χ0n) is 23.5. The molecule has 210 valence electrons. The van der Waals surface area contributed by atoms with Crippen molar-refractivity contribution in [1.82, 2.24) is 20.4 Å². The molecule has 2 aliphatic heterocycles. The third-order valence-corrected chi connectivity index (χ3v) is 9.12. The van der Waals surface area contributed by atoms with E-state index in [1.165, 1.54) is 0 Å². The molecule has 0 bridgehead atoms. The van der Waals surface area contributed by atoms with Crippen LogP contribution >= 0.6 is 0 Å². The van der Waals surface area contributed by atoms with E-state index in [9.17, 15) is 14.7 Å². The van der Waals surface area contributed by atoms with Crippen LogP contribution in [0, 0.1) is 0 Å². The molecule has 2 N–H and O–H groups in total. The van der Waals surface area contributed by atoms with Gasteiger partial charge in [-0.2, -0.15) is 0 Å². The Morgan fingerprint density at radius 1 is 1.15 bits per heavy atom. The molecule has 2 fully saturated rings. The minimum Gasteiger partial charge on any atom is -0.389 e. The van der Waals surface area contributed by atoms with E-state index in [1.807, 2.05) is 16.8 Å². The Balaban J connectivity index is 1.47. The fourth-order valence-corrected chi connectivity index (χ4v) is 7.34. The molecule has 0 aromatic carbocycles. The van der Waals surface area contributed by atoms with Crippen molar-refractivity contribution in [2.24, 2.45) is 0 Å². The molecule has 6 rings (SSSR count). The maximum Gasteiger partial charge on any atom is 0.233 e. The molecule has 0 unspecified atom stereocenters. The molecule has 2 aromatic heterocycles. The molecule has 1 saturated carbocycles. The number of ketones is 1. The summed E-state index contributed by atoms with van der Waals surface area (Å²) in [4.78, 5) is 40.3. The average Bonchev–Trinajstić information content (AvgIpc) is 3.63. The number of amides is 1. The average molecular weight is 537 g/mol. The van der Waals surface area contributed by atoms with Crippen molar-refractivity contribution in [3.8, 4) is 11.5 Å². The van der Waals surface area contributed by atoms with E-state index < -0.39 is 11.0 Å². The van der Waals surface area contributed by atoms with Crippen molar-refractivity contribution in [1.29, 1.82) is 0 Å². The van der Waals surface area contributed by atoms with Gasteiger partial charge in [-0.3, -0.25) is 14.5 Å². The number of hydrogen-bond acceptors (Lipinski definition) is 9. The highest BCUT2D eigenvalue weighted by Gasteiger charge is 2.49. The lowest BCUT2D eigenvalue weighted by Crippen LogP contribution is -2.47. The Labute approximate surface area is 229 Å². The smallest absolute Gasteiger partial charge is 0.233 e. The number of hydrogen-bond donors (Lipinski definition) is 2. The van der Waals surface area contributed by atoms with E-state index in [1.54, 1.807) is 13.8 Å². The summed E-state index contributed by atoms with van der Waals surface area (Å²) in [7, 11) is 1.88. The van der Waals surface area contributed by atoms with E-state index in [4.69, 9.17) is 14.5 Å². The number of carbonyl (C=O) groups is 2. The molecule has 3 atom stereocenters. The Morgan fingerprint density at radius 3 is 2.67 bits per heavy atom. The Hall–Kier alpha value is -2.85. The quantitative estimate of drug-likeness (QED) is 0.573. The standard InChI is InChI=1S/C29H40N6O4/c1-17(20-10-8-14-30-20)35-22(37)15-19-26(34(4)16-28(2,3)38)31-25(32-27(19)35)23-18-9-7-13-29(24(18)39-33-23)12-6-5-11-21(29)36/h17,20,30,38H,5-16H2,1-4H3/t17-,20-,29+/m0/s1. The van der Waals surface area contributed by atoms with Crippen LogP contribution in [0.3, 0.4) is 0 Å². The van der Waals surface area contributed by atoms with E-state index in [0.717, 1.165) is 69.0 Å². The van der Waals surface area contributed by atoms with Crippen LogP contribution in [0.25, 0.3) is 11.5 Å². The van der Waals surface area contributed by atoms with Crippen LogP contribution in [0.5, 0.6) is 0 Å². The number of Topliss-reactive ketones (excluding diaryl/α,β-unsaturated/α-hetero) is 1. The Kier molecular flexibility index (Phi) is 6.53. The van der Waals surface area contributed by atoms with Crippen molar-refractivity contribution >= 4 is 23.3 Å². The van der Waals surface area contributed by atoms with Crippen LogP contribution in [-0.4, -0.2) is 69.7 Å². The van der Waals surface area contributed by atoms with E-state index >= 15 is 0 Å². The number of nitrogens with one attached hydrogen (secondary N) is 1. The first kappa shape index (κ1) is 26.4. The fourth-order valence-electron chi connectivity index (χ4n) is 7.34. The van der Waals surface area contributed by atoms with Gasteiger partial charge in [0.05, 0.1) is 23.5 Å². The molecule has 10 nitrogen and oxygen atoms in total. The fraction of sp³-hybridized carbons (Fsp3) is 0.690. The summed E-state index contributed by atoms with van der Waals surface area (Å²) < 4.78 is 5.99. The number of aromatic nitrogens is 3. The Morgan fingerprint density at radius 2 is 1.95 bits per heavy atom. The third kappa shape index (κ3) is 4.45. The molecule has 1 spiro atoms. The lowest BCUT2D eigenvalue weighted by atomic mass is 9.64. The first-order valence-corrected chi connectivity index (χ1v) is 14.5. The van der Waals surface area contributed by atoms with Crippen LogP contribution in [0.2, 0.25) is 0 Å². The monoisotopic (exact) mass is 536 g/mol. The number of anilines is 2. The predicted molar refractivity (Wildman–Crippen MR) is 147 cm³/mol. The molecule has 2 aromatic rings. The van der Waals surface area contributed by atoms with Crippen molar-refractivity contribution in [3.63, 3.8) is 0 Å². The molecule has 39 heavy (non-hydrogen) atoms. The molecule has 2 aliphatic carbocycles. The van der Waals surface area contributed by atoms with Gasteiger partial charge in [-0.05, 0) is 72.3 Å². The van der Waals surface area contributed by atoms with Crippen molar-refractivity contribution in [2.45, 2.75) is 108 Å². The third-order valence-electron chi connectivity index (χ3n) is 9.12. The number of rotatable bonds is 6. The zero-order chi connectivity index (χ0) is 27.5. The first-order chi connectivity index (χ1) is 18.6. The summed E-state index contributed by atoms with van der Waals surface area (Å²) in [5.74, 6) is 2.59. The second kappa shape index (κ2) is 9.66. The summed E-state index contributed by atoms with van der Waals surface area (Å²) in [5.41, 5.74) is 0.718. The number of fused-ring (bicyclic) bond motifs is 3. The van der Waals surface area contributed by atoms with Crippen LogP contribution < -0.4 is 15.1 Å². The minimum atomic E-state index is -0.961. The van der Waals surface area contributed by atoms with Crippen LogP contribution in [0.4, 0.5) is 11.6 Å². The summed E-state index contributed by atoms with van der Waals surface area (Å²) in [6, 6.07) is 0.138. The van der Waals surface area contributed by atoms with Gasteiger partial charge in [0, 0.05) is 37.2 Å². The molecule has 0 radical (unpaired) electrons. The van der Waals surface area contributed by atoms with E-state index in [-0.39, 0.29) is 30.2 Å². The number of nitrogens with zero attached hydrogens (tertiary/aromatic N) is 5. The molecule has 1 amide bonds. The first-order valence-electron chi connectivity index (χ1n) is 14.5. The maximum absolute atomic E-state index is 13.4. The Bertz CT molecular complexity index is 1290. The van der Waals surface area contributed by atoms with Gasteiger partial charge in [-0.15, -0.1) is 0 Å². The predicted octanol–water partition coefficient (Wildman–Crippen LogP) is 3.09. The second-order valence-electron chi connectivity index (χ2n) is 12.6. The second-order valence-corrected chi connectivity index (χ2v) is 12.6. The summed E-state index contributed by atoms with van der Waals surface area (Å²) in [5, 5.41) is 18.6. The molecule has 10 heteroatoms. The van der Waals surface area contributed by atoms with Gasteiger partial charge in [0.2, 0.25) is 5.91 Å². The number of likely N-dealkylation sites (N-methyl/N-ethyl adjacent to an activating group) is 1. The van der Waals surface area contributed by atoms with Crippen LogP contribution in [0.1, 0.15) is 89.0 Å². The summed E-state index contributed by atoms with van der Waals surface area (Å²) in [6.45, 7) is 6.87. The van der Waals surface area contributed by atoms with Gasteiger partial charge >= 0.3 is 0 Å². The SMILES string of the molecule is C[C@@H]([C@@H]1CCCN1)N1C(=O)Cc2c(N(C)CC(C)(C)O)nc(-c3noc4c3CCC[C@@]43CCCCC3=O)nc21. The maximum atomic E-state index is 13.4. The van der Waals surface area contributed by atoms with Crippen molar-refractivity contribution in [3.05, 3.63) is 16.9 Å². The van der Waals surface area contributed by atoms with Crippen LogP contribution in [-0.2, 0) is 27.8 Å². The van der Waals surface area contributed by atoms with Crippen molar-refractivity contribution in [2.75, 3.05) is 29.9 Å². The normalized spacial score (nSPS) is 25.8. The molecule has 4 aliphatic rings. The van der Waals surface area contributed by atoms with Crippen LogP contribution in [0.15, 0.2) is 4.52 Å². The van der Waals surface area contributed by atoms with Gasteiger partial charge in [0.15, 0.2) is 17.3 Å². The molecular formula is C29H40N6O4. The highest BCUT2D eigenvalue weighted by molar-refractivity contribution is 6.02. The van der Waals surface area contributed by atoms with E-state index in [2.05, 4.69) is 17.4 Å². The van der Waals surface area contributed by atoms with Crippen molar-refractivity contribution < 1.29 is 19.2 Å². The van der Waals surface area contributed by atoms with Gasteiger partial charge in [0.1, 0.15) is 17.4 Å². The van der Waals surface area contributed by atoms with Gasteiger partial charge in [-0.1, -0.05) is 11.6 Å². The lowest BCUT2D eigenvalue weighted by molar-refractivity contribution is -0.128.